The van der Waals surface area contributed by atoms with Gasteiger partial charge >= 0.3 is 0 Å². The Bertz CT molecular complexity index is 551. The van der Waals surface area contributed by atoms with E-state index in [1.165, 1.54) is 12.1 Å². The Hall–Kier alpha value is -1.75. The molecule has 0 saturated carbocycles. The van der Waals surface area contributed by atoms with Crippen molar-refractivity contribution in [3.63, 3.8) is 0 Å². The number of halogens is 2. The summed E-state index contributed by atoms with van der Waals surface area (Å²) in [4.78, 5) is 4.24. The van der Waals surface area contributed by atoms with Crippen LogP contribution in [0, 0.1) is 11.6 Å². The molecule has 2 rings (SSSR count). The molecule has 0 aliphatic carbocycles. The zero-order valence-corrected chi connectivity index (χ0v) is 10.8. The van der Waals surface area contributed by atoms with E-state index in [0.717, 1.165) is 24.7 Å². The number of aromatic nitrogens is 2. The van der Waals surface area contributed by atoms with E-state index < -0.39 is 17.7 Å². The van der Waals surface area contributed by atoms with Crippen molar-refractivity contribution in [2.75, 3.05) is 0 Å². The minimum absolute atomic E-state index is 0.317. The molecule has 0 spiro atoms. The fraction of sp³-hybridized carbons (Fsp3) is 0.357. The molecule has 1 atom stereocenters. The fourth-order valence-electron chi connectivity index (χ4n) is 2.07. The number of nitrogens with two attached hydrogens (primary N) is 1. The third-order valence-electron chi connectivity index (χ3n) is 3.03. The Labute approximate surface area is 111 Å². The van der Waals surface area contributed by atoms with E-state index in [2.05, 4.69) is 11.9 Å². The first-order valence-electron chi connectivity index (χ1n) is 6.32. The van der Waals surface area contributed by atoms with E-state index in [4.69, 9.17) is 5.73 Å². The van der Waals surface area contributed by atoms with E-state index in [9.17, 15) is 8.78 Å². The first kappa shape index (κ1) is 13.7. The van der Waals surface area contributed by atoms with Gasteiger partial charge in [-0.1, -0.05) is 13.0 Å². The normalized spacial score (nSPS) is 12.6. The van der Waals surface area contributed by atoms with Gasteiger partial charge in [-0.05, 0) is 12.5 Å². The minimum Gasteiger partial charge on any atom is -0.333 e. The molecule has 1 heterocycles. The van der Waals surface area contributed by atoms with Crippen LogP contribution in [0.4, 0.5) is 8.78 Å². The van der Waals surface area contributed by atoms with Gasteiger partial charge in [0.15, 0.2) is 0 Å². The standard InChI is InChI=1S/C14H17F2N3/c1-2-3-14-18-6-7-19(14)9-13(17)11-5-4-10(15)8-12(11)16/h4-8,13H,2-3,9,17H2,1H3. The highest BCUT2D eigenvalue weighted by Gasteiger charge is 2.14. The van der Waals surface area contributed by atoms with Gasteiger partial charge in [-0.15, -0.1) is 0 Å². The maximum Gasteiger partial charge on any atom is 0.130 e. The lowest BCUT2D eigenvalue weighted by Gasteiger charge is -2.15. The molecule has 1 unspecified atom stereocenters. The maximum atomic E-state index is 13.6. The topological polar surface area (TPSA) is 43.8 Å². The number of nitrogens with zero attached hydrogens (tertiary/aromatic N) is 2. The number of imidazole rings is 1. The Morgan fingerprint density at radius 3 is 2.84 bits per heavy atom. The fourth-order valence-corrected chi connectivity index (χ4v) is 2.07. The molecule has 0 bridgehead atoms. The molecule has 0 aliphatic rings. The van der Waals surface area contributed by atoms with Gasteiger partial charge in [0.1, 0.15) is 17.5 Å². The van der Waals surface area contributed by atoms with Crippen LogP contribution in [0.25, 0.3) is 0 Å². The second-order valence-electron chi connectivity index (χ2n) is 4.52. The van der Waals surface area contributed by atoms with Crippen LogP contribution in [0.3, 0.4) is 0 Å². The zero-order valence-electron chi connectivity index (χ0n) is 10.8. The lowest BCUT2D eigenvalue weighted by molar-refractivity contribution is 0.511. The summed E-state index contributed by atoms with van der Waals surface area (Å²) in [6.07, 6.45) is 5.37. The molecule has 19 heavy (non-hydrogen) atoms. The van der Waals surface area contributed by atoms with Gasteiger partial charge in [0, 0.05) is 37.0 Å². The Morgan fingerprint density at radius 2 is 2.16 bits per heavy atom. The molecular formula is C14H17F2N3. The highest BCUT2D eigenvalue weighted by Crippen LogP contribution is 2.18. The van der Waals surface area contributed by atoms with Crippen LogP contribution in [0.5, 0.6) is 0 Å². The van der Waals surface area contributed by atoms with Crippen LogP contribution in [0.2, 0.25) is 0 Å². The average molecular weight is 265 g/mol. The summed E-state index contributed by atoms with van der Waals surface area (Å²) in [7, 11) is 0. The number of aryl methyl sites for hydroxylation is 1. The second-order valence-corrected chi connectivity index (χ2v) is 4.52. The summed E-state index contributed by atoms with van der Waals surface area (Å²) in [5.74, 6) is -0.270. The third-order valence-corrected chi connectivity index (χ3v) is 3.03. The number of hydrogen-bond donors (Lipinski definition) is 1. The van der Waals surface area contributed by atoms with Crippen LogP contribution in [0.15, 0.2) is 30.6 Å². The van der Waals surface area contributed by atoms with Crippen LogP contribution in [0.1, 0.15) is 30.8 Å². The summed E-state index contributed by atoms with van der Waals surface area (Å²) in [6.45, 7) is 2.50. The molecule has 5 heteroatoms. The van der Waals surface area contributed by atoms with Gasteiger partial charge in [-0.3, -0.25) is 0 Å². The first-order chi connectivity index (χ1) is 9.11. The molecule has 2 aromatic rings. The largest absolute Gasteiger partial charge is 0.333 e. The average Bonchev–Trinajstić information content (AvgIpc) is 2.77. The first-order valence-corrected chi connectivity index (χ1v) is 6.32. The van der Waals surface area contributed by atoms with Crippen molar-refractivity contribution < 1.29 is 8.78 Å². The zero-order chi connectivity index (χ0) is 13.8. The molecule has 2 N–H and O–H groups in total. The predicted octanol–water partition coefficient (Wildman–Crippen LogP) is 2.81. The maximum absolute atomic E-state index is 13.6. The summed E-state index contributed by atoms with van der Waals surface area (Å²) < 4.78 is 28.4. The number of rotatable bonds is 5. The van der Waals surface area contributed by atoms with Crippen molar-refractivity contribution in [2.45, 2.75) is 32.4 Å². The van der Waals surface area contributed by atoms with Crippen LogP contribution in [-0.2, 0) is 13.0 Å². The molecule has 0 fully saturated rings. The molecule has 0 saturated heterocycles. The van der Waals surface area contributed by atoms with Crippen LogP contribution in [-0.4, -0.2) is 9.55 Å². The molecule has 0 amide bonds. The molecule has 1 aromatic heterocycles. The molecule has 1 aromatic carbocycles. The van der Waals surface area contributed by atoms with Crippen molar-refractivity contribution in [1.29, 1.82) is 0 Å². The van der Waals surface area contributed by atoms with Crippen molar-refractivity contribution in [1.82, 2.24) is 9.55 Å². The SMILES string of the molecule is CCCc1nccn1CC(N)c1ccc(F)cc1F. The van der Waals surface area contributed by atoms with E-state index in [1.54, 1.807) is 6.20 Å². The summed E-state index contributed by atoms with van der Waals surface area (Å²) in [5, 5.41) is 0. The molecule has 0 aliphatic heterocycles. The molecule has 102 valence electrons. The lowest BCUT2D eigenvalue weighted by Crippen LogP contribution is -2.20. The smallest absolute Gasteiger partial charge is 0.130 e. The highest BCUT2D eigenvalue weighted by atomic mass is 19.1. The van der Waals surface area contributed by atoms with Crippen molar-refractivity contribution in [3.05, 3.63) is 53.6 Å². The van der Waals surface area contributed by atoms with Gasteiger partial charge in [-0.2, -0.15) is 0 Å². The van der Waals surface area contributed by atoms with E-state index >= 15 is 0 Å². The predicted molar refractivity (Wildman–Crippen MR) is 69.5 cm³/mol. The van der Waals surface area contributed by atoms with Crippen molar-refractivity contribution in [3.8, 4) is 0 Å². The van der Waals surface area contributed by atoms with Crippen LogP contribution < -0.4 is 5.73 Å². The van der Waals surface area contributed by atoms with Gasteiger partial charge in [0.05, 0.1) is 6.04 Å². The Balaban J connectivity index is 2.16. The lowest BCUT2D eigenvalue weighted by atomic mass is 10.1. The van der Waals surface area contributed by atoms with Gasteiger partial charge < -0.3 is 10.3 Å². The molecule has 3 nitrogen and oxygen atoms in total. The van der Waals surface area contributed by atoms with Crippen LogP contribution >= 0.6 is 0 Å². The highest BCUT2D eigenvalue weighted by molar-refractivity contribution is 5.21. The third kappa shape index (κ3) is 3.17. The minimum atomic E-state index is -0.607. The second kappa shape index (κ2) is 5.93. The summed E-state index contributed by atoms with van der Waals surface area (Å²) in [6, 6.07) is 2.95. The van der Waals surface area contributed by atoms with Gasteiger partial charge in [0.25, 0.3) is 0 Å². The van der Waals surface area contributed by atoms with Crippen molar-refractivity contribution in [2.24, 2.45) is 5.73 Å². The Kier molecular flexibility index (Phi) is 4.27. The molecular weight excluding hydrogens is 248 g/mol. The van der Waals surface area contributed by atoms with E-state index in [0.29, 0.717) is 12.1 Å². The number of hydrogen-bond acceptors (Lipinski definition) is 2. The van der Waals surface area contributed by atoms with Gasteiger partial charge in [-0.25, -0.2) is 13.8 Å². The quantitative estimate of drug-likeness (QED) is 0.903. The van der Waals surface area contributed by atoms with E-state index in [-0.39, 0.29) is 0 Å². The summed E-state index contributed by atoms with van der Waals surface area (Å²) in [5.41, 5.74) is 6.31. The monoisotopic (exact) mass is 265 g/mol. The van der Waals surface area contributed by atoms with Crippen molar-refractivity contribution >= 4 is 0 Å². The van der Waals surface area contributed by atoms with Gasteiger partial charge in [0.2, 0.25) is 0 Å². The Morgan fingerprint density at radius 1 is 1.37 bits per heavy atom. The number of benzene rings is 1. The molecule has 0 radical (unpaired) electrons. The summed E-state index contributed by atoms with van der Waals surface area (Å²) >= 11 is 0. The van der Waals surface area contributed by atoms with E-state index in [1.807, 2.05) is 10.8 Å².